The van der Waals surface area contributed by atoms with Crippen LogP contribution in [0.2, 0.25) is 0 Å². The lowest BCUT2D eigenvalue weighted by atomic mass is 10.1. The Hall–Kier alpha value is -0.790. The summed E-state index contributed by atoms with van der Waals surface area (Å²) in [5.41, 5.74) is 2.72. The fraction of sp³-hybridized carbons (Fsp3) is 0.750. The standard InChI is InChI=1S/C12H20N2/c1-2-4-6-8-11-12(14-10-13-11)9-7-5-3-1/h10H,1-9H2,(H,13,14). The first-order chi connectivity index (χ1) is 6.97. The van der Waals surface area contributed by atoms with E-state index in [-0.39, 0.29) is 0 Å². The summed E-state index contributed by atoms with van der Waals surface area (Å²) in [7, 11) is 0. The van der Waals surface area contributed by atoms with Gasteiger partial charge in [0.2, 0.25) is 0 Å². The van der Waals surface area contributed by atoms with E-state index in [9.17, 15) is 0 Å². The molecule has 0 saturated carbocycles. The predicted molar refractivity (Wildman–Crippen MR) is 58.3 cm³/mol. The summed E-state index contributed by atoms with van der Waals surface area (Å²) >= 11 is 0. The van der Waals surface area contributed by atoms with Gasteiger partial charge in [0.05, 0.1) is 12.0 Å². The molecule has 0 bridgehead atoms. The van der Waals surface area contributed by atoms with Crippen LogP contribution in [0.1, 0.15) is 56.3 Å². The molecule has 0 spiro atoms. The van der Waals surface area contributed by atoms with Crippen molar-refractivity contribution >= 4 is 0 Å². The molecular weight excluding hydrogens is 172 g/mol. The molecule has 1 heterocycles. The van der Waals surface area contributed by atoms with E-state index < -0.39 is 0 Å². The molecule has 2 rings (SSSR count). The van der Waals surface area contributed by atoms with E-state index in [2.05, 4.69) is 9.97 Å². The molecule has 0 fully saturated rings. The molecule has 1 aromatic heterocycles. The summed E-state index contributed by atoms with van der Waals surface area (Å²) in [6.45, 7) is 0. The van der Waals surface area contributed by atoms with Crippen molar-refractivity contribution in [2.45, 2.75) is 57.8 Å². The number of fused-ring (bicyclic) bond motifs is 1. The summed E-state index contributed by atoms with van der Waals surface area (Å²) < 4.78 is 0. The van der Waals surface area contributed by atoms with Crippen LogP contribution in [-0.2, 0) is 12.8 Å². The number of rotatable bonds is 0. The summed E-state index contributed by atoms with van der Waals surface area (Å²) in [6, 6.07) is 0. The van der Waals surface area contributed by atoms with Gasteiger partial charge in [-0.25, -0.2) is 4.98 Å². The van der Waals surface area contributed by atoms with E-state index >= 15 is 0 Å². The summed E-state index contributed by atoms with van der Waals surface area (Å²) in [4.78, 5) is 7.69. The van der Waals surface area contributed by atoms with Gasteiger partial charge in [-0.1, -0.05) is 32.1 Å². The van der Waals surface area contributed by atoms with Gasteiger partial charge in [-0.2, -0.15) is 0 Å². The minimum atomic E-state index is 1.18. The second kappa shape index (κ2) is 5.18. The van der Waals surface area contributed by atoms with Crippen molar-refractivity contribution in [2.24, 2.45) is 0 Å². The van der Waals surface area contributed by atoms with Crippen molar-refractivity contribution in [3.8, 4) is 0 Å². The molecule has 1 N–H and O–H groups in total. The number of nitrogens with zero attached hydrogens (tertiary/aromatic N) is 1. The van der Waals surface area contributed by atoms with Crippen molar-refractivity contribution < 1.29 is 0 Å². The summed E-state index contributed by atoms with van der Waals surface area (Å²) in [6.07, 6.45) is 13.9. The Balaban J connectivity index is 1.97. The number of aromatic amines is 1. The lowest BCUT2D eigenvalue weighted by Crippen LogP contribution is -1.93. The highest BCUT2D eigenvalue weighted by molar-refractivity contribution is 5.11. The third-order valence-corrected chi connectivity index (χ3v) is 3.15. The third kappa shape index (κ3) is 2.60. The van der Waals surface area contributed by atoms with Gasteiger partial charge in [0.15, 0.2) is 0 Å². The first kappa shape index (κ1) is 9.75. The van der Waals surface area contributed by atoms with Crippen molar-refractivity contribution in [3.05, 3.63) is 17.7 Å². The van der Waals surface area contributed by atoms with E-state index in [1.54, 1.807) is 0 Å². The zero-order chi connectivity index (χ0) is 9.64. The van der Waals surface area contributed by atoms with E-state index in [4.69, 9.17) is 0 Å². The Kier molecular flexibility index (Phi) is 3.61. The maximum absolute atomic E-state index is 4.41. The quantitative estimate of drug-likeness (QED) is 0.671. The Morgan fingerprint density at radius 3 is 2.29 bits per heavy atom. The number of hydrogen-bond donors (Lipinski definition) is 1. The fourth-order valence-electron chi connectivity index (χ4n) is 2.26. The van der Waals surface area contributed by atoms with Gasteiger partial charge in [0, 0.05) is 5.69 Å². The third-order valence-electron chi connectivity index (χ3n) is 3.15. The van der Waals surface area contributed by atoms with Crippen molar-refractivity contribution in [1.82, 2.24) is 9.97 Å². The molecule has 1 aromatic rings. The van der Waals surface area contributed by atoms with E-state index in [0.29, 0.717) is 0 Å². The van der Waals surface area contributed by atoms with Gasteiger partial charge in [0.25, 0.3) is 0 Å². The Labute approximate surface area is 86.1 Å². The number of aromatic nitrogens is 2. The second-order valence-corrected chi connectivity index (χ2v) is 4.30. The Morgan fingerprint density at radius 1 is 0.857 bits per heavy atom. The largest absolute Gasteiger partial charge is 0.348 e. The van der Waals surface area contributed by atoms with Gasteiger partial charge in [-0.15, -0.1) is 0 Å². The zero-order valence-corrected chi connectivity index (χ0v) is 8.89. The number of H-pyrrole nitrogens is 1. The van der Waals surface area contributed by atoms with Crippen molar-refractivity contribution in [3.63, 3.8) is 0 Å². The van der Waals surface area contributed by atoms with Crippen LogP contribution in [0.15, 0.2) is 6.33 Å². The highest BCUT2D eigenvalue weighted by Gasteiger charge is 2.06. The lowest BCUT2D eigenvalue weighted by molar-refractivity contribution is 0.586. The molecular formula is C12H20N2. The first-order valence-electron chi connectivity index (χ1n) is 5.98. The molecule has 0 amide bonds. The molecule has 0 aromatic carbocycles. The summed E-state index contributed by atoms with van der Waals surface area (Å²) in [5, 5.41) is 0. The number of imidazole rings is 1. The monoisotopic (exact) mass is 192 g/mol. The van der Waals surface area contributed by atoms with Crippen molar-refractivity contribution in [1.29, 1.82) is 0 Å². The maximum atomic E-state index is 4.41. The molecule has 0 atom stereocenters. The van der Waals surface area contributed by atoms with E-state index in [1.807, 2.05) is 6.33 Å². The maximum Gasteiger partial charge on any atom is 0.0925 e. The lowest BCUT2D eigenvalue weighted by Gasteiger charge is -2.00. The predicted octanol–water partition coefficient (Wildman–Crippen LogP) is 3.24. The molecule has 1 aliphatic rings. The van der Waals surface area contributed by atoms with Crippen LogP contribution in [0.3, 0.4) is 0 Å². The van der Waals surface area contributed by atoms with Crippen LogP contribution in [0.5, 0.6) is 0 Å². The molecule has 0 unspecified atom stereocenters. The van der Waals surface area contributed by atoms with E-state index in [1.165, 1.54) is 69.2 Å². The minimum absolute atomic E-state index is 1.18. The van der Waals surface area contributed by atoms with Crippen LogP contribution >= 0.6 is 0 Å². The van der Waals surface area contributed by atoms with Crippen LogP contribution in [-0.4, -0.2) is 9.97 Å². The topological polar surface area (TPSA) is 28.7 Å². The number of hydrogen-bond acceptors (Lipinski definition) is 1. The van der Waals surface area contributed by atoms with Gasteiger partial charge in [-0.3, -0.25) is 0 Å². The summed E-state index contributed by atoms with van der Waals surface area (Å²) in [5.74, 6) is 0. The Bertz CT molecular complexity index is 241. The fourth-order valence-corrected chi connectivity index (χ4v) is 2.26. The Morgan fingerprint density at radius 2 is 1.50 bits per heavy atom. The van der Waals surface area contributed by atoms with Gasteiger partial charge >= 0.3 is 0 Å². The molecule has 2 heteroatoms. The minimum Gasteiger partial charge on any atom is -0.348 e. The second-order valence-electron chi connectivity index (χ2n) is 4.30. The van der Waals surface area contributed by atoms with Gasteiger partial charge in [-0.05, 0) is 25.7 Å². The molecule has 0 radical (unpaired) electrons. The SMILES string of the molecule is c1nc2c([nH]1)CCCCCCCCC2. The molecule has 0 aliphatic heterocycles. The average molecular weight is 192 g/mol. The molecule has 14 heavy (non-hydrogen) atoms. The highest BCUT2D eigenvalue weighted by atomic mass is 14.9. The number of aryl methyl sites for hydroxylation is 2. The van der Waals surface area contributed by atoms with Crippen LogP contribution < -0.4 is 0 Å². The van der Waals surface area contributed by atoms with Crippen LogP contribution in [0.4, 0.5) is 0 Å². The van der Waals surface area contributed by atoms with Gasteiger partial charge in [0.1, 0.15) is 0 Å². The molecule has 0 saturated heterocycles. The number of nitrogens with one attached hydrogen (secondary N) is 1. The van der Waals surface area contributed by atoms with E-state index in [0.717, 1.165) is 0 Å². The molecule has 78 valence electrons. The van der Waals surface area contributed by atoms with Crippen LogP contribution in [0.25, 0.3) is 0 Å². The average Bonchev–Trinajstić information content (AvgIpc) is 2.61. The molecule has 1 aliphatic carbocycles. The molecule has 2 nitrogen and oxygen atoms in total. The zero-order valence-electron chi connectivity index (χ0n) is 8.89. The smallest absolute Gasteiger partial charge is 0.0925 e. The highest BCUT2D eigenvalue weighted by Crippen LogP contribution is 2.16. The first-order valence-corrected chi connectivity index (χ1v) is 5.98. The van der Waals surface area contributed by atoms with Gasteiger partial charge < -0.3 is 4.98 Å². The van der Waals surface area contributed by atoms with Crippen LogP contribution in [0, 0.1) is 0 Å². The normalized spacial score (nSPS) is 19.7. The van der Waals surface area contributed by atoms with Crippen molar-refractivity contribution in [2.75, 3.05) is 0 Å².